The monoisotopic (exact) mass is 402 g/mol. The summed E-state index contributed by atoms with van der Waals surface area (Å²) in [6, 6.07) is 13.3. The van der Waals surface area contributed by atoms with Crippen LogP contribution in [0.1, 0.15) is 52.8 Å². The quantitative estimate of drug-likeness (QED) is 0.686. The molecule has 2 fully saturated rings. The van der Waals surface area contributed by atoms with Crippen molar-refractivity contribution in [2.45, 2.75) is 45.7 Å². The van der Waals surface area contributed by atoms with Gasteiger partial charge in [0.2, 0.25) is 0 Å². The Morgan fingerprint density at radius 1 is 1.15 bits per heavy atom. The number of amides is 1. The van der Waals surface area contributed by atoms with Gasteiger partial charge < -0.3 is 4.90 Å². The summed E-state index contributed by atoms with van der Waals surface area (Å²) in [5.41, 5.74) is 1.63. The summed E-state index contributed by atoms with van der Waals surface area (Å²) in [5, 5.41) is 0.787. The number of hydrogen-bond acceptors (Lipinski definition) is 3. The highest BCUT2D eigenvalue weighted by molar-refractivity contribution is 7.13. The maximum Gasteiger partial charge on any atom is 0.263 e. The van der Waals surface area contributed by atoms with Crippen molar-refractivity contribution in [3.8, 4) is 0 Å². The van der Waals surface area contributed by atoms with E-state index in [2.05, 4.69) is 37.8 Å². The van der Waals surface area contributed by atoms with Crippen LogP contribution in [0.4, 0.5) is 0 Å². The maximum absolute atomic E-state index is 12.8. The van der Waals surface area contributed by atoms with E-state index in [0.29, 0.717) is 12.1 Å². The molecule has 0 N–H and O–H groups in total. The van der Waals surface area contributed by atoms with Gasteiger partial charge in [0.15, 0.2) is 0 Å². The van der Waals surface area contributed by atoms with Gasteiger partial charge in [0.1, 0.15) is 0 Å². The van der Waals surface area contributed by atoms with Crippen molar-refractivity contribution in [2.24, 2.45) is 5.41 Å². The molecule has 3 nitrogen and oxygen atoms in total. The average Bonchev–Trinajstić information content (AvgIpc) is 3.07. The zero-order valence-corrected chi connectivity index (χ0v) is 17.8. The van der Waals surface area contributed by atoms with Gasteiger partial charge in [0, 0.05) is 47.0 Å². The Labute approximate surface area is 170 Å². The zero-order valence-electron chi connectivity index (χ0n) is 16.2. The van der Waals surface area contributed by atoms with Crippen LogP contribution < -0.4 is 0 Å². The van der Waals surface area contributed by atoms with Gasteiger partial charge in [-0.15, -0.1) is 11.3 Å². The summed E-state index contributed by atoms with van der Waals surface area (Å²) < 4.78 is 0. The summed E-state index contributed by atoms with van der Waals surface area (Å²) in [6.07, 6.45) is 2.14. The van der Waals surface area contributed by atoms with Crippen LogP contribution >= 0.6 is 22.9 Å². The number of hydrogen-bond donors (Lipinski definition) is 0. The Bertz CT molecular complexity index is 821. The highest BCUT2D eigenvalue weighted by Crippen LogP contribution is 2.55. The molecule has 0 radical (unpaired) electrons. The van der Waals surface area contributed by atoms with Crippen LogP contribution in [0.5, 0.6) is 0 Å². The van der Waals surface area contributed by atoms with E-state index in [4.69, 9.17) is 11.6 Å². The summed E-state index contributed by atoms with van der Waals surface area (Å²) >= 11 is 7.71. The first-order valence-electron chi connectivity index (χ1n) is 9.76. The van der Waals surface area contributed by atoms with Gasteiger partial charge in [0.25, 0.3) is 5.91 Å². The van der Waals surface area contributed by atoms with E-state index >= 15 is 0 Å². The van der Waals surface area contributed by atoms with Crippen LogP contribution in [0.3, 0.4) is 0 Å². The molecule has 0 bridgehead atoms. The predicted octanol–water partition coefficient (Wildman–Crippen LogP) is 5.40. The molecule has 5 heteroatoms. The fourth-order valence-electron chi connectivity index (χ4n) is 4.74. The van der Waals surface area contributed by atoms with Crippen molar-refractivity contribution < 1.29 is 4.79 Å². The summed E-state index contributed by atoms with van der Waals surface area (Å²) in [5.74, 6) is 0.200. The SMILES string of the molecule is Cc1ccc(C(=O)N2CCC3(CC2)CN(C(C)C)C3c2ccc(Cl)cc2)s1. The third-order valence-electron chi connectivity index (χ3n) is 6.26. The maximum atomic E-state index is 12.8. The second-order valence-corrected chi connectivity index (χ2v) is 10.0. The predicted molar refractivity (Wildman–Crippen MR) is 113 cm³/mol. The lowest BCUT2D eigenvalue weighted by Gasteiger charge is -2.62. The summed E-state index contributed by atoms with van der Waals surface area (Å²) in [6.45, 7) is 9.43. The Kier molecular flexibility index (Phi) is 5.08. The standard InChI is InChI=1S/C22H27ClN2OS/c1-15(2)25-14-22(20(25)17-5-7-18(23)8-6-17)10-12-24(13-11-22)21(26)19-9-4-16(3)27-19/h4-9,15,20H,10-14H2,1-3H3. The molecular formula is C22H27ClN2OS. The Morgan fingerprint density at radius 2 is 1.81 bits per heavy atom. The zero-order chi connectivity index (χ0) is 19.2. The van der Waals surface area contributed by atoms with Crippen molar-refractivity contribution >= 4 is 28.8 Å². The minimum Gasteiger partial charge on any atom is -0.338 e. The first-order chi connectivity index (χ1) is 12.9. The van der Waals surface area contributed by atoms with E-state index in [1.807, 2.05) is 29.2 Å². The van der Waals surface area contributed by atoms with Crippen LogP contribution in [0.25, 0.3) is 0 Å². The van der Waals surface area contributed by atoms with Crippen molar-refractivity contribution in [2.75, 3.05) is 19.6 Å². The van der Waals surface area contributed by atoms with Gasteiger partial charge in [-0.2, -0.15) is 0 Å². The largest absolute Gasteiger partial charge is 0.338 e. The highest BCUT2D eigenvalue weighted by Gasteiger charge is 2.54. The van der Waals surface area contributed by atoms with Crippen molar-refractivity contribution in [1.82, 2.24) is 9.80 Å². The van der Waals surface area contributed by atoms with Gasteiger partial charge in [-0.1, -0.05) is 23.7 Å². The van der Waals surface area contributed by atoms with Gasteiger partial charge in [0.05, 0.1) is 4.88 Å². The molecule has 3 heterocycles. The molecule has 1 amide bonds. The minimum atomic E-state index is 0.200. The molecule has 0 aliphatic carbocycles. The molecule has 1 spiro atoms. The number of carbonyl (C=O) groups is 1. The van der Waals surface area contributed by atoms with Crippen molar-refractivity contribution in [1.29, 1.82) is 0 Å². The van der Waals surface area contributed by atoms with Crippen LogP contribution in [0.15, 0.2) is 36.4 Å². The van der Waals surface area contributed by atoms with Crippen molar-refractivity contribution in [3.05, 3.63) is 56.7 Å². The number of halogens is 1. The first kappa shape index (κ1) is 19.0. The van der Waals surface area contributed by atoms with Crippen LogP contribution in [-0.2, 0) is 0 Å². The smallest absolute Gasteiger partial charge is 0.263 e. The third kappa shape index (κ3) is 3.43. The van der Waals surface area contributed by atoms with Crippen LogP contribution in [0, 0.1) is 12.3 Å². The number of aryl methyl sites for hydroxylation is 1. The Balaban J connectivity index is 1.50. The highest BCUT2D eigenvalue weighted by atomic mass is 35.5. The second-order valence-electron chi connectivity index (χ2n) is 8.29. The average molecular weight is 403 g/mol. The molecule has 2 saturated heterocycles. The number of rotatable bonds is 3. The molecule has 1 unspecified atom stereocenters. The lowest BCUT2D eigenvalue weighted by molar-refractivity contribution is -0.124. The first-order valence-corrected chi connectivity index (χ1v) is 11.0. The van der Waals surface area contributed by atoms with Crippen LogP contribution in [0.2, 0.25) is 5.02 Å². The number of piperidine rings is 1. The third-order valence-corrected chi connectivity index (χ3v) is 7.50. The molecule has 144 valence electrons. The molecule has 2 aromatic rings. The van der Waals surface area contributed by atoms with E-state index < -0.39 is 0 Å². The summed E-state index contributed by atoms with van der Waals surface area (Å²) in [7, 11) is 0. The van der Waals surface area contributed by atoms with E-state index in [9.17, 15) is 4.79 Å². The second kappa shape index (κ2) is 7.23. The topological polar surface area (TPSA) is 23.6 Å². The van der Waals surface area contributed by atoms with E-state index in [1.54, 1.807) is 11.3 Å². The number of carbonyl (C=O) groups excluding carboxylic acids is 1. The fraction of sp³-hybridized carbons (Fsp3) is 0.500. The Morgan fingerprint density at radius 3 is 2.37 bits per heavy atom. The molecule has 0 saturated carbocycles. The van der Waals surface area contributed by atoms with Crippen LogP contribution in [-0.4, -0.2) is 41.4 Å². The number of likely N-dealkylation sites (tertiary alicyclic amines) is 2. The van der Waals surface area contributed by atoms with E-state index in [-0.39, 0.29) is 11.3 Å². The lowest BCUT2D eigenvalue weighted by atomic mass is 9.62. The number of nitrogens with zero attached hydrogens (tertiary/aromatic N) is 2. The molecular weight excluding hydrogens is 376 g/mol. The van der Waals surface area contributed by atoms with Gasteiger partial charge in [-0.25, -0.2) is 0 Å². The molecule has 4 rings (SSSR count). The normalized spacial score (nSPS) is 22.3. The van der Waals surface area contributed by atoms with E-state index in [0.717, 1.165) is 42.4 Å². The molecule has 1 aromatic carbocycles. The minimum absolute atomic E-state index is 0.200. The Hall–Kier alpha value is -1.36. The van der Waals surface area contributed by atoms with Crippen molar-refractivity contribution in [3.63, 3.8) is 0 Å². The van der Waals surface area contributed by atoms with E-state index in [1.165, 1.54) is 10.4 Å². The molecule has 2 aliphatic rings. The molecule has 1 aromatic heterocycles. The van der Waals surface area contributed by atoms with Gasteiger partial charge >= 0.3 is 0 Å². The summed E-state index contributed by atoms with van der Waals surface area (Å²) in [4.78, 5) is 19.5. The van der Waals surface area contributed by atoms with Gasteiger partial charge in [-0.3, -0.25) is 9.69 Å². The number of thiophene rings is 1. The molecule has 2 aliphatic heterocycles. The lowest BCUT2D eigenvalue weighted by Crippen LogP contribution is -2.64. The number of benzene rings is 1. The molecule has 1 atom stereocenters. The van der Waals surface area contributed by atoms with Gasteiger partial charge in [-0.05, 0) is 63.4 Å². The molecule has 27 heavy (non-hydrogen) atoms. The fourth-order valence-corrected chi connectivity index (χ4v) is 5.70.